The van der Waals surface area contributed by atoms with Crippen LogP contribution in [-0.2, 0) is 0 Å². The third kappa shape index (κ3) is 2.57. The maximum atomic E-state index is 11.8. The highest BCUT2D eigenvalue weighted by atomic mass is 16.2. The number of aromatic amines is 1. The second-order valence-electron chi connectivity index (χ2n) is 4.11. The number of nitrogens with one attached hydrogen (secondary N) is 1. The van der Waals surface area contributed by atoms with Gasteiger partial charge in [-0.3, -0.25) is 9.89 Å². The Hall–Kier alpha value is -1.43. The van der Waals surface area contributed by atoms with E-state index >= 15 is 0 Å². The number of hydrogen-bond donors (Lipinski definition) is 1. The summed E-state index contributed by atoms with van der Waals surface area (Å²) in [4.78, 5) is 19.7. The molecule has 1 aromatic heterocycles. The minimum atomic E-state index is -0.100. The largest absolute Gasteiger partial charge is 0.338 e. The van der Waals surface area contributed by atoms with Crippen molar-refractivity contribution in [3.8, 4) is 0 Å². The molecular weight excluding hydrogens is 206 g/mol. The number of likely N-dealkylation sites (tertiary alicyclic amines) is 1. The maximum Gasteiger partial charge on any atom is 0.290 e. The predicted octanol–water partition coefficient (Wildman–Crippen LogP) is -0.0275. The van der Waals surface area contributed by atoms with Gasteiger partial charge < -0.3 is 9.80 Å². The molecule has 1 fully saturated rings. The highest BCUT2D eigenvalue weighted by Crippen LogP contribution is 2.06. The molecule has 6 heteroatoms. The third-order valence-electron chi connectivity index (χ3n) is 2.91. The molecule has 0 unspecified atom stereocenters. The van der Waals surface area contributed by atoms with Crippen LogP contribution < -0.4 is 0 Å². The molecule has 1 saturated heterocycles. The number of aromatic nitrogens is 3. The molecule has 0 saturated carbocycles. The Bertz CT molecular complexity index is 331. The van der Waals surface area contributed by atoms with Crippen LogP contribution in [0.15, 0.2) is 6.33 Å². The number of hydrogen-bond acceptors (Lipinski definition) is 4. The fourth-order valence-electron chi connectivity index (χ4n) is 1.89. The van der Waals surface area contributed by atoms with Gasteiger partial charge in [0.1, 0.15) is 6.33 Å². The van der Waals surface area contributed by atoms with E-state index in [1.807, 2.05) is 0 Å². The molecule has 0 aliphatic carbocycles. The van der Waals surface area contributed by atoms with Gasteiger partial charge in [-0.1, -0.05) is 0 Å². The van der Waals surface area contributed by atoms with Gasteiger partial charge in [-0.25, -0.2) is 4.98 Å². The predicted molar refractivity (Wildman–Crippen MR) is 59.0 cm³/mol. The van der Waals surface area contributed by atoms with E-state index in [0.717, 1.165) is 26.2 Å². The molecule has 2 heterocycles. The maximum absolute atomic E-state index is 11.8. The summed E-state index contributed by atoms with van der Waals surface area (Å²) in [5.74, 6) is 0.209. The smallest absolute Gasteiger partial charge is 0.290 e. The van der Waals surface area contributed by atoms with E-state index in [1.54, 1.807) is 11.9 Å². The van der Waals surface area contributed by atoms with Crippen molar-refractivity contribution < 1.29 is 4.79 Å². The summed E-state index contributed by atoms with van der Waals surface area (Å²) in [5, 5.41) is 6.25. The Kier molecular flexibility index (Phi) is 3.51. The summed E-state index contributed by atoms with van der Waals surface area (Å²) in [5.41, 5.74) is 0. The molecule has 6 nitrogen and oxygen atoms in total. The van der Waals surface area contributed by atoms with Crippen molar-refractivity contribution >= 4 is 5.91 Å². The molecule has 1 amide bonds. The Morgan fingerprint density at radius 1 is 1.56 bits per heavy atom. The first kappa shape index (κ1) is 11.1. The minimum absolute atomic E-state index is 0.100. The van der Waals surface area contributed by atoms with Crippen molar-refractivity contribution in [2.45, 2.75) is 12.8 Å². The summed E-state index contributed by atoms with van der Waals surface area (Å²) in [6.07, 6.45) is 3.90. The van der Waals surface area contributed by atoms with Gasteiger partial charge in [0, 0.05) is 20.1 Å². The molecule has 0 aromatic carbocycles. The molecule has 0 radical (unpaired) electrons. The van der Waals surface area contributed by atoms with Crippen LogP contribution in [0.25, 0.3) is 0 Å². The SMILES string of the molecule is CN(CCN1CCCC1)C(=O)c1ncn[nH]1. The summed E-state index contributed by atoms with van der Waals surface area (Å²) < 4.78 is 0. The van der Waals surface area contributed by atoms with Crippen molar-refractivity contribution in [3.05, 3.63) is 12.2 Å². The van der Waals surface area contributed by atoms with Crippen molar-refractivity contribution in [3.63, 3.8) is 0 Å². The molecule has 1 aliphatic rings. The van der Waals surface area contributed by atoms with E-state index in [9.17, 15) is 4.79 Å². The van der Waals surface area contributed by atoms with E-state index in [4.69, 9.17) is 0 Å². The normalized spacial score (nSPS) is 16.6. The first-order chi connectivity index (χ1) is 7.77. The first-order valence-corrected chi connectivity index (χ1v) is 5.60. The van der Waals surface area contributed by atoms with Crippen LogP contribution in [0.5, 0.6) is 0 Å². The fraction of sp³-hybridized carbons (Fsp3) is 0.700. The van der Waals surface area contributed by atoms with E-state index < -0.39 is 0 Å². The molecule has 2 rings (SSSR count). The minimum Gasteiger partial charge on any atom is -0.338 e. The zero-order chi connectivity index (χ0) is 11.4. The first-order valence-electron chi connectivity index (χ1n) is 5.60. The molecule has 1 aliphatic heterocycles. The number of rotatable bonds is 4. The summed E-state index contributed by atoms with van der Waals surface area (Å²) in [6.45, 7) is 3.99. The Labute approximate surface area is 94.6 Å². The van der Waals surface area contributed by atoms with Gasteiger partial charge in [0.25, 0.3) is 5.91 Å². The molecule has 0 bridgehead atoms. The van der Waals surface area contributed by atoms with Gasteiger partial charge in [-0.2, -0.15) is 5.10 Å². The van der Waals surface area contributed by atoms with Gasteiger partial charge in [0.15, 0.2) is 0 Å². The van der Waals surface area contributed by atoms with Gasteiger partial charge in [0.2, 0.25) is 5.82 Å². The number of H-pyrrole nitrogens is 1. The van der Waals surface area contributed by atoms with Crippen LogP contribution >= 0.6 is 0 Å². The van der Waals surface area contributed by atoms with Crippen molar-refractivity contribution in [1.82, 2.24) is 25.0 Å². The Balaban J connectivity index is 1.78. The lowest BCUT2D eigenvalue weighted by molar-refractivity contribution is 0.0771. The molecular formula is C10H17N5O. The summed E-state index contributed by atoms with van der Waals surface area (Å²) in [7, 11) is 1.79. The van der Waals surface area contributed by atoms with E-state index in [0.29, 0.717) is 5.82 Å². The summed E-state index contributed by atoms with van der Waals surface area (Å²) in [6, 6.07) is 0. The topological polar surface area (TPSA) is 65.1 Å². The van der Waals surface area contributed by atoms with Crippen molar-refractivity contribution in [2.75, 3.05) is 33.2 Å². The van der Waals surface area contributed by atoms with Gasteiger partial charge in [0.05, 0.1) is 0 Å². The van der Waals surface area contributed by atoms with Gasteiger partial charge in [-0.05, 0) is 25.9 Å². The van der Waals surface area contributed by atoms with Crippen LogP contribution in [0.3, 0.4) is 0 Å². The molecule has 16 heavy (non-hydrogen) atoms. The molecule has 1 N–H and O–H groups in total. The van der Waals surface area contributed by atoms with Crippen LogP contribution in [0, 0.1) is 0 Å². The molecule has 88 valence electrons. The molecule has 0 atom stereocenters. The number of likely N-dealkylation sites (N-methyl/N-ethyl adjacent to an activating group) is 1. The Morgan fingerprint density at radius 3 is 2.94 bits per heavy atom. The lowest BCUT2D eigenvalue weighted by atomic mass is 10.4. The van der Waals surface area contributed by atoms with Gasteiger partial charge in [-0.15, -0.1) is 0 Å². The number of amides is 1. The van der Waals surface area contributed by atoms with E-state index in [1.165, 1.54) is 19.2 Å². The van der Waals surface area contributed by atoms with E-state index in [2.05, 4.69) is 20.1 Å². The third-order valence-corrected chi connectivity index (χ3v) is 2.91. The quantitative estimate of drug-likeness (QED) is 0.778. The summed E-state index contributed by atoms with van der Waals surface area (Å²) >= 11 is 0. The standard InChI is InChI=1S/C10H17N5O/c1-14(6-7-15-4-2-3-5-15)10(16)9-11-8-12-13-9/h8H,2-7H2,1H3,(H,11,12,13). The number of nitrogens with zero attached hydrogens (tertiary/aromatic N) is 4. The highest BCUT2D eigenvalue weighted by Gasteiger charge is 2.16. The van der Waals surface area contributed by atoms with Crippen LogP contribution in [-0.4, -0.2) is 64.1 Å². The van der Waals surface area contributed by atoms with Crippen LogP contribution in [0.1, 0.15) is 23.5 Å². The van der Waals surface area contributed by atoms with E-state index in [-0.39, 0.29) is 5.91 Å². The zero-order valence-electron chi connectivity index (χ0n) is 9.52. The Morgan fingerprint density at radius 2 is 2.31 bits per heavy atom. The zero-order valence-corrected chi connectivity index (χ0v) is 9.52. The average Bonchev–Trinajstić information content (AvgIpc) is 2.96. The second-order valence-corrected chi connectivity index (χ2v) is 4.11. The second kappa shape index (κ2) is 5.07. The number of carbonyl (C=O) groups is 1. The fourth-order valence-corrected chi connectivity index (χ4v) is 1.89. The van der Waals surface area contributed by atoms with Crippen molar-refractivity contribution in [1.29, 1.82) is 0 Å². The van der Waals surface area contributed by atoms with Crippen LogP contribution in [0.4, 0.5) is 0 Å². The lowest BCUT2D eigenvalue weighted by Crippen LogP contribution is -2.35. The lowest BCUT2D eigenvalue weighted by Gasteiger charge is -2.20. The highest BCUT2D eigenvalue weighted by molar-refractivity contribution is 5.90. The van der Waals surface area contributed by atoms with Gasteiger partial charge >= 0.3 is 0 Å². The van der Waals surface area contributed by atoms with Crippen LogP contribution in [0.2, 0.25) is 0 Å². The molecule has 1 aromatic rings. The van der Waals surface area contributed by atoms with Crippen molar-refractivity contribution in [2.24, 2.45) is 0 Å². The molecule has 0 spiro atoms. The number of carbonyl (C=O) groups excluding carboxylic acids is 1. The average molecular weight is 223 g/mol. The monoisotopic (exact) mass is 223 g/mol.